The van der Waals surface area contributed by atoms with Crippen LogP contribution in [0.3, 0.4) is 0 Å². The largest absolute Gasteiger partial charge is 0.375 e. The van der Waals surface area contributed by atoms with Gasteiger partial charge in [-0.15, -0.1) is 0 Å². The summed E-state index contributed by atoms with van der Waals surface area (Å²) in [5.74, 6) is -0.954. The van der Waals surface area contributed by atoms with E-state index in [0.29, 0.717) is 16.3 Å². The fraction of sp³-hybridized carbons (Fsp3) is 0.174. The van der Waals surface area contributed by atoms with Gasteiger partial charge in [-0.25, -0.2) is 0 Å². The van der Waals surface area contributed by atoms with Gasteiger partial charge in [-0.05, 0) is 42.8 Å². The number of carbonyl (C=O) groups is 2. The van der Waals surface area contributed by atoms with Crippen molar-refractivity contribution in [3.63, 3.8) is 0 Å². The van der Waals surface area contributed by atoms with Gasteiger partial charge in [0, 0.05) is 16.8 Å². The third-order valence-corrected chi connectivity index (χ3v) is 5.36. The third-order valence-electron chi connectivity index (χ3n) is 5.12. The number of ketones is 1. The molecule has 6 heteroatoms. The summed E-state index contributed by atoms with van der Waals surface area (Å²) in [6.45, 7) is 2.28. The molecule has 1 unspecified atom stereocenters. The smallest absolute Gasteiger partial charge is 0.264 e. The van der Waals surface area contributed by atoms with Crippen molar-refractivity contribution in [1.29, 1.82) is 0 Å². The first-order chi connectivity index (χ1) is 13.9. The number of nitrogens with zero attached hydrogens (tertiary/aromatic N) is 2. The number of amides is 1. The molecule has 4 rings (SSSR count). The van der Waals surface area contributed by atoms with E-state index in [1.54, 1.807) is 36.4 Å². The van der Waals surface area contributed by atoms with E-state index >= 15 is 0 Å². The van der Waals surface area contributed by atoms with Gasteiger partial charge in [0.1, 0.15) is 5.69 Å². The number of fused-ring (bicyclic) bond motifs is 1. The Morgan fingerprint density at radius 2 is 1.90 bits per heavy atom. The highest BCUT2D eigenvalue weighted by Gasteiger charge is 2.51. The molecule has 0 fully saturated rings. The lowest BCUT2D eigenvalue weighted by Crippen LogP contribution is -2.41. The number of hydrogen-bond donors (Lipinski definition) is 1. The lowest BCUT2D eigenvalue weighted by molar-refractivity contribution is -0.136. The quantitative estimate of drug-likeness (QED) is 0.649. The average molecular weight is 407 g/mol. The van der Waals surface area contributed by atoms with E-state index in [4.69, 9.17) is 11.6 Å². The van der Waals surface area contributed by atoms with E-state index in [2.05, 4.69) is 4.98 Å². The number of aryl methyl sites for hydroxylation is 1. The van der Waals surface area contributed by atoms with Crippen LogP contribution >= 0.6 is 11.6 Å². The maximum Gasteiger partial charge on any atom is 0.264 e. The maximum atomic E-state index is 13.3. The Morgan fingerprint density at radius 3 is 2.59 bits per heavy atom. The molecule has 0 saturated heterocycles. The number of benzene rings is 2. The van der Waals surface area contributed by atoms with Crippen LogP contribution in [0.5, 0.6) is 0 Å². The first-order valence-electron chi connectivity index (χ1n) is 9.22. The molecule has 1 aromatic heterocycles. The van der Waals surface area contributed by atoms with Gasteiger partial charge in [-0.3, -0.25) is 14.6 Å². The summed E-state index contributed by atoms with van der Waals surface area (Å²) in [5.41, 5.74) is 1.15. The van der Waals surface area contributed by atoms with Gasteiger partial charge in [-0.2, -0.15) is 0 Å². The molecule has 2 aromatic carbocycles. The lowest BCUT2D eigenvalue weighted by atomic mass is 9.89. The molecule has 1 N–H and O–H groups in total. The van der Waals surface area contributed by atoms with Gasteiger partial charge in [0.05, 0.1) is 18.7 Å². The molecule has 0 bridgehead atoms. The van der Waals surface area contributed by atoms with E-state index in [1.807, 2.05) is 31.2 Å². The van der Waals surface area contributed by atoms with Crippen molar-refractivity contribution in [2.24, 2.45) is 0 Å². The van der Waals surface area contributed by atoms with Crippen LogP contribution in [0.2, 0.25) is 5.02 Å². The van der Waals surface area contributed by atoms with Gasteiger partial charge in [0.25, 0.3) is 5.91 Å². The molecule has 0 saturated carbocycles. The fourth-order valence-corrected chi connectivity index (χ4v) is 3.75. The fourth-order valence-electron chi connectivity index (χ4n) is 3.58. The molecule has 5 nitrogen and oxygen atoms in total. The summed E-state index contributed by atoms with van der Waals surface area (Å²) < 4.78 is 0. The standard InChI is InChI=1S/C23H19ClN2O3/c1-15-5-7-16(8-6-15)14-26-20-10-9-17(24)12-18(20)23(29,22(26)28)13-21(27)19-4-2-3-11-25-19/h2-12,29H,13-14H2,1H3. The highest BCUT2D eigenvalue weighted by molar-refractivity contribution is 6.31. The van der Waals surface area contributed by atoms with Crippen LogP contribution in [0.4, 0.5) is 5.69 Å². The molecular weight excluding hydrogens is 388 g/mol. The molecule has 2 heterocycles. The Bertz CT molecular complexity index is 1080. The molecular formula is C23H19ClN2O3. The number of rotatable bonds is 5. The summed E-state index contributed by atoms with van der Waals surface area (Å²) in [5, 5.41) is 11.7. The predicted molar refractivity (Wildman–Crippen MR) is 111 cm³/mol. The first kappa shape index (κ1) is 19.3. The van der Waals surface area contributed by atoms with Crippen molar-refractivity contribution in [1.82, 2.24) is 4.98 Å². The van der Waals surface area contributed by atoms with E-state index in [9.17, 15) is 14.7 Å². The molecule has 1 aliphatic rings. The van der Waals surface area contributed by atoms with Crippen LogP contribution in [-0.2, 0) is 16.9 Å². The van der Waals surface area contributed by atoms with Crippen LogP contribution in [0, 0.1) is 6.92 Å². The summed E-state index contributed by atoms with van der Waals surface area (Å²) in [6.07, 6.45) is 1.10. The zero-order chi connectivity index (χ0) is 20.6. The average Bonchev–Trinajstić information content (AvgIpc) is 2.92. The molecule has 1 atom stereocenters. The highest BCUT2D eigenvalue weighted by atomic mass is 35.5. The Labute approximate surface area is 173 Å². The van der Waals surface area contributed by atoms with Crippen molar-refractivity contribution < 1.29 is 14.7 Å². The molecule has 3 aromatic rings. The molecule has 29 heavy (non-hydrogen) atoms. The minimum absolute atomic E-state index is 0.203. The molecule has 1 amide bonds. The normalized spacial score (nSPS) is 18.0. The Kier molecular flexibility index (Phi) is 4.94. The van der Waals surface area contributed by atoms with Crippen LogP contribution < -0.4 is 4.90 Å². The van der Waals surface area contributed by atoms with Gasteiger partial charge in [-0.1, -0.05) is 47.5 Å². The second-order valence-electron chi connectivity index (χ2n) is 7.21. The van der Waals surface area contributed by atoms with Crippen LogP contribution in [-0.4, -0.2) is 21.8 Å². The summed E-state index contributed by atoms with van der Waals surface area (Å²) >= 11 is 6.14. The number of anilines is 1. The van der Waals surface area contributed by atoms with Gasteiger partial charge < -0.3 is 10.0 Å². The first-order valence-corrected chi connectivity index (χ1v) is 9.60. The second-order valence-corrected chi connectivity index (χ2v) is 7.65. The third kappa shape index (κ3) is 3.55. The highest BCUT2D eigenvalue weighted by Crippen LogP contribution is 2.44. The van der Waals surface area contributed by atoms with Crippen molar-refractivity contribution in [3.8, 4) is 0 Å². The number of halogens is 1. The predicted octanol–water partition coefficient (Wildman–Crippen LogP) is 4.05. The number of Topliss-reactive ketones (excluding diaryl/α,β-unsaturated/α-hetero) is 1. The van der Waals surface area contributed by atoms with Crippen LogP contribution in [0.1, 0.15) is 33.6 Å². The van der Waals surface area contributed by atoms with Crippen molar-refractivity contribution in [2.75, 3.05) is 4.90 Å². The monoisotopic (exact) mass is 406 g/mol. The number of hydrogen-bond acceptors (Lipinski definition) is 4. The number of carbonyl (C=O) groups excluding carboxylic acids is 2. The topological polar surface area (TPSA) is 70.5 Å². The number of aliphatic hydroxyl groups is 1. The van der Waals surface area contributed by atoms with E-state index < -0.39 is 23.7 Å². The second kappa shape index (κ2) is 7.43. The zero-order valence-corrected chi connectivity index (χ0v) is 16.6. The van der Waals surface area contributed by atoms with Crippen molar-refractivity contribution in [2.45, 2.75) is 25.5 Å². The van der Waals surface area contributed by atoms with Crippen molar-refractivity contribution in [3.05, 3.63) is 94.3 Å². The minimum Gasteiger partial charge on any atom is -0.375 e. The van der Waals surface area contributed by atoms with Crippen LogP contribution in [0.25, 0.3) is 0 Å². The van der Waals surface area contributed by atoms with E-state index in [0.717, 1.165) is 11.1 Å². The van der Waals surface area contributed by atoms with E-state index in [-0.39, 0.29) is 12.2 Å². The Hall–Kier alpha value is -3.02. The Morgan fingerprint density at radius 1 is 1.14 bits per heavy atom. The number of pyridine rings is 1. The molecule has 146 valence electrons. The summed E-state index contributed by atoms with van der Waals surface area (Å²) in [4.78, 5) is 31.6. The summed E-state index contributed by atoms with van der Waals surface area (Å²) in [7, 11) is 0. The Balaban J connectivity index is 1.71. The lowest BCUT2D eigenvalue weighted by Gasteiger charge is -2.22. The maximum absolute atomic E-state index is 13.3. The summed E-state index contributed by atoms with van der Waals surface area (Å²) in [6, 6.07) is 17.7. The van der Waals surface area contributed by atoms with E-state index in [1.165, 1.54) is 11.1 Å². The van der Waals surface area contributed by atoms with Crippen LogP contribution in [0.15, 0.2) is 66.9 Å². The van der Waals surface area contributed by atoms with Crippen molar-refractivity contribution >= 4 is 29.0 Å². The SMILES string of the molecule is Cc1ccc(CN2C(=O)C(O)(CC(=O)c3ccccn3)c3cc(Cl)ccc32)cc1. The van der Waals surface area contributed by atoms with Gasteiger partial charge >= 0.3 is 0 Å². The molecule has 0 spiro atoms. The number of aromatic nitrogens is 1. The van der Waals surface area contributed by atoms with Gasteiger partial charge in [0.15, 0.2) is 11.4 Å². The minimum atomic E-state index is -1.99. The molecule has 1 aliphatic heterocycles. The molecule has 0 radical (unpaired) electrons. The van der Waals surface area contributed by atoms with Gasteiger partial charge in [0.2, 0.25) is 0 Å². The molecule has 0 aliphatic carbocycles. The zero-order valence-electron chi connectivity index (χ0n) is 15.8.